The van der Waals surface area contributed by atoms with Crippen molar-refractivity contribution < 1.29 is 5.11 Å². The summed E-state index contributed by atoms with van der Waals surface area (Å²) >= 11 is 5.86. The van der Waals surface area contributed by atoms with E-state index in [0.29, 0.717) is 23.1 Å². The van der Waals surface area contributed by atoms with Crippen molar-refractivity contribution in [3.05, 3.63) is 11.0 Å². The molecule has 0 radical (unpaired) electrons. The lowest BCUT2D eigenvalue weighted by Crippen LogP contribution is -2.36. The Morgan fingerprint density at radius 1 is 1.53 bits per heavy atom. The summed E-state index contributed by atoms with van der Waals surface area (Å²) in [5.74, 6) is 1.07. The van der Waals surface area contributed by atoms with Gasteiger partial charge >= 0.3 is 0 Å². The zero-order chi connectivity index (χ0) is 12.6. The summed E-state index contributed by atoms with van der Waals surface area (Å²) in [5, 5.41) is 9.64. The van der Waals surface area contributed by atoms with Crippen LogP contribution in [0.15, 0.2) is 0 Å². The predicted molar refractivity (Wildman–Crippen MR) is 68.2 cm³/mol. The Balaban J connectivity index is 2.40. The second-order valence-electron chi connectivity index (χ2n) is 4.52. The number of nitrogen functional groups attached to an aromatic ring is 1. The zero-order valence-corrected chi connectivity index (χ0v) is 10.8. The quantitative estimate of drug-likeness (QED) is 0.779. The molecule has 0 aliphatic carbocycles. The minimum absolute atomic E-state index is 0.0580. The maximum atomic E-state index is 9.44. The highest BCUT2D eigenvalue weighted by molar-refractivity contribution is 6.28. The summed E-state index contributed by atoms with van der Waals surface area (Å²) in [6.45, 7) is 4.86. The molecule has 1 aromatic heterocycles. The number of anilines is 2. The Morgan fingerprint density at radius 3 is 2.88 bits per heavy atom. The van der Waals surface area contributed by atoms with Crippen molar-refractivity contribution >= 4 is 23.1 Å². The molecule has 2 heterocycles. The van der Waals surface area contributed by atoms with Crippen LogP contribution in [0.3, 0.4) is 0 Å². The number of aliphatic hydroxyl groups excluding tert-OH is 1. The van der Waals surface area contributed by atoms with Gasteiger partial charge in [0.2, 0.25) is 5.28 Å². The number of nitrogens with two attached hydrogens (primary N) is 1. The van der Waals surface area contributed by atoms with Gasteiger partial charge in [-0.3, -0.25) is 0 Å². The van der Waals surface area contributed by atoms with Crippen LogP contribution >= 0.6 is 11.6 Å². The molecule has 0 bridgehead atoms. The smallest absolute Gasteiger partial charge is 0.224 e. The molecule has 0 amide bonds. The minimum atomic E-state index is 0.0580. The molecule has 1 aliphatic rings. The zero-order valence-electron chi connectivity index (χ0n) is 10.0. The van der Waals surface area contributed by atoms with E-state index in [9.17, 15) is 5.11 Å². The number of hydrogen-bond donors (Lipinski definition) is 2. The second kappa shape index (κ2) is 4.66. The third-order valence-corrected chi connectivity index (χ3v) is 3.60. The van der Waals surface area contributed by atoms with Crippen LogP contribution in [0.1, 0.15) is 19.0 Å². The number of aromatic nitrogens is 2. The standard InChI is InChI=1S/C11H17ClN4O/c1-6-3-4-16(8(6)5-17)10-9(13)7(2)14-11(12)15-10/h6,8,17H,3-5,13H2,1-2H3. The largest absolute Gasteiger partial charge is 0.394 e. The molecule has 2 unspecified atom stereocenters. The van der Waals surface area contributed by atoms with E-state index in [1.165, 1.54) is 0 Å². The Kier molecular flexibility index (Phi) is 3.40. The molecule has 0 aromatic carbocycles. The van der Waals surface area contributed by atoms with Gasteiger partial charge < -0.3 is 15.7 Å². The third-order valence-electron chi connectivity index (χ3n) is 3.43. The van der Waals surface area contributed by atoms with Gasteiger partial charge in [-0.2, -0.15) is 4.98 Å². The first-order valence-corrected chi connectivity index (χ1v) is 6.09. The number of hydrogen-bond acceptors (Lipinski definition) is 5. The maximum absolute atomic E-state index is 9.44. The van der Waals surface area contributed by atoms with Crippen LogP contribution in [-0.2, 0) is 0 Å². The topological polar surface area (TPSA) is 75.3 Å². The van der Waals surface area contributed by atoms with E-state index in [1.807, 2.05) is 4.90 Å². The van der Waals surface area contributed by atoms with Crippen molar-refractivity contribution in [3.63, 3.8) is 0 Å². The van der Waals surface area contributed by atoms with Crippen LogP contribution in [0.2, 0.25) is 5.28 Å². The van der Waals surface area contributed by atoms with Crippen LogP contribution in [-0.4, -0.2) is 34.3 Å². The molecule has 17 heavy (non-hydrogen) atoms. The molecule has 94 valence electrons. The van der Waals surface area contributed by atoms with Crippen LogP contribution in [0.25, 0.3) is 0 Å². The fourth-order valence-corrected chi connectivity index (χ4v) is 2.51. The lowest BCUT2D eigenvalue weighted by Gasteiger charge is -2.27. The lowest BCUT2D eigenvalue weighted by atomic mass is 10.0. The Hall–Kier alpha value is -1.07. The minimum Gasteiger partial charge on any atom is -0.394 e. The van der Waals surface area contributed by atoms with Crippen LogP contribution in [0, 0.1) is 12.8 Å². The Morgan fingerprint density at radius 2 is 2.24 bits per heavy atom. The van der Waals surface area contributed by atoms with Crippen molar-refractivity contribution in [2.24, 2.45) is 5.92 Å². The van der Waals surface area contributed by atoms with Crippen LogP contribution < -0.4 is 10.6 Å². The molecular weight excluding hydrogens is 240 g/mol. The average Bonchev–Trinajstić information content (AvgIpc) is 2.64. The molecule has 2 atom stereocenters. The van der Waals surface area contributed by atoms with Gasteiger partial charge in [-0.15, -0.1) is 0 Å². The number of aryl methyl sites for hydroxylation is 1. The summed E-state index contributed by atoms with van der Waals surface area (Å²) < 4.78 is 0. The second-order valence-corrected chi connectivity index (χ2v) is 4.86. The SMILES string of the molecule is Cc1nc(Cl)nc(N2CCC(C)C2CO)c1N. The van der Waals surface area contributed by atoms with Crippen molar-refractivity contribution in [2.75, 3.05) is 23.8 Å². The molecule has 3 N–H and O–H groups in total. The Labute approximate surface area is 106 Å². The lowest BCUT2D eigenvalue weighted by molar-refractivity contribution is 0.244. The summed E-state index contributed by atoms with van der Waals surface area (Å²) in [6.07, 6.45) is 1.02. The normalized spacial score (nSPS) is 24.4. The van der Waals surface area contributed by atoms with Crippen molar-refractivity contribution in [1.29, 1.82) is 0 Å². The van der Waals surface area contributed by atoms with Crippen molar-refractivity contribution in [3.8, 4) is 0 Å². The van der Waals surface area contributed by atoms with Crippen molar-refractivity contribution in [1.82, 2.24) is 9.97 Å². The Bertz CT molecular complexity index is 426. The highest BCUT2D eigenvalue weighted by Gasteiger charge is 2.33. The molecule has 0 saturated carbocycles. The molecule has 5 nitrogen and oxygen atoms in total. The van der Waals surface area contributed by atoms with E-state index in [2.05, 4.69) is 16.9 Å². The highest BCUT2D eigenvalue weighted by atomic mass is 35.5. The molecular formula is C11H17ClN4O. The molecule has 0 spiro atoms. The van der Waals surface area contributed by atoms with Gasteiger partial charge in [0.15, 0.2) is 5.82 Å². The van der Waals surface area contributed by atoms with E-state index in [-0.39, 0.29) is 17.9 Å². The number of aliphatic hydroxyl groups is 1. The van der Waals surface area contributed by atoms with Gasteiger partial charge in [-0.25, -0.2) is 4.98 Å². The summed E-state index contributed by atoms with van der Waals surface area (Å²) in [6, 6.07) is 0.0580. The molecule has 2 rings (SSSR count). The first-order chi connectivity index (χ1) is 8.04. The van der Waals surface area contributed by atoms with Gasteiger partial charge in [-0.1, -0.05) is 6.92 Å². The molecule has 6 heteroatoms. The number of halogens is 1. The van der Waals surface area contributed by atoms with Crippen molar-refractivity contribution in [2.45, 2.75) is 26.3 Å². The summed E-state index contributed by atoms with van der Waals surface area (Å²) in [4.78, 5) is 10.2. The molecule has 1 saturated heterocycles. The monoisotopic (exact) mass is 256 g/mol. The van der Waals surface area contributed by atoms with Gasteiger partial charge in [0.1, 0.15) is 0 Å². The van der Waals surface area contributed by atoms with E-state index in [4.69, 9.17) is 17.3 Å². The van der Waals surface area contributed by atoms with E-state index >= 15 is 0 Å². The van der Waals surface area contributed by atoms with Gasteiger partial charge in [0.25, 0.3) is 0 Å². The van der Waals surface area contributed by atoms with Gasteiger partial charge in [-0.05, 0) is 30.9 Å². The first-order valence-electron chi connectivity index (χ1n) is 5.71. The molecule has 1 fully saturated rings. The summed E-state index contributed by atoms with van der Waals surface area (Å²) in [5.41, 5.74) is 7.21. The summed E-state index contributed by atoms with van der Waals surface area (Å²) in [7, 11) is 0. The third kappa shape index (κ3) is 2.17. The van der Waals surface area contributed by atoms with Gasteiger partial charge in [0, 0.05) is 6.54 Å². The fraction of sp³-hybridized carbons (Fsp3) is 0.636. The first kappa shape index (κ1) is 12.4. The highest BCUT2D eigenvalue weighted by Crippen LogP contribution is 2.33. The van der Waals surface area contributed by atoms with E-state index in [1.54, 1.807) is 6.92 Å². The number of rotatable bonds is 2. The van der Waals surface area contributed by atoms with E-state index < -0.39 is 0 Å². The van der Waals surface area contributed by atoms with E-state index in [0.717, 1.165) is 13.0 Å². The number of nitrogens with zero attached hydrogens (tertiary/aromatic N) is 3. The van der Waals surface area contributed by atoms with Gasteiger partial charge in [0.05, 0.1) is 24.0 Å². The maximum Gasteiger partial charge on any atom is 0.224 e. The van der Waals surface area contributed by atoms with Crippen LogP contribution in [0.5, 0.6) is 0 Å². The molecule has 1 aliphatic heterocycles. The average molecular weight is 257 g/mol. The van der Waals surface area contributed by atoms with Crippen LogP contribution in [0.4, 0.5) is 11.5 Å². The molecule has 1 aromatic rings. The predicted octanol–water partition coefficient (Wildman–Crippen LogP) is 1.23. The fourth-order valence-electron chi connectivity index (χ4n) is 2.30.